The molecule has 1 N–H and O–H groups in total. The van der Waals surface area contributed by atoms with Crippen molar-refractivity contribution in [2.45, 2.75) is 26.5 Å². The predicted octanol–water partition coefficient (Wildman–Crippen LogP) is 1.54. The number of aryl methyl sites for hydroxylation is 3. The molecule has 1 aromatic heterocycles. The van der Waals surface area contributed by atoms with Crippen LogP contribution in [0.3, 0.4) is 0 Å². The molecular formula is C14H18N2O2. The first-order chi connectivity index (χ1) is 8.49. The number of benzene rings is 1. The van der Waals surface area contributed by atoms with Crippen molar-refractivity contribution >= 4 is 0 Å². The van der Waals surface area contributed by atoms with Crippen molar-refractivity contribution < 1.29 is 5.11 Å². The summed E-state index contributed by atoms with van der Waals surface area (Å²) in [6.45, 7) is 4.27. The van der Waals surface area contributed by atoms with E-state index in [0.29, 0.717) is 0 Å². The third-order valence-corrected chi connectivity index (χ3v) is 3.17. The van der Waals surface area contributed by atoms with E-state index in [1.54, 1.807) is 19.4 Å². The van der Waals surface area contributed by atoms with Gasteiger partial charge in [0.15, 0.2) is 0 Å². The Morgan fingerprint density at radius 2 is 2.00 bits per heavy atom. The van der Waals surface area contributed by atoms with Gasteiger partial charge in [-0.2, -0.15) is 0 Å². The van der Waals surface area contributed by atoms with Gasteiger partial charge in [-0.1, -0.05) is 23.8 Å². The highest BCUT2D eigenvalue weighted by Gasteiger charge is 2.12. The van der Waals surface area contributed by atoms with Crippen LogP contribution in [-0.4, -0.2) is 14.2 Å². The first-order valence-corrected chi connectivity index (χ1v) is 5.96. The van der Waals surface area contributed by atoms with Gasteiger partial charge in [-0.05, 0) is 25.0 Å². The van der Waals surface area contributed by atoms with E-state index < -0.39 is 6.10 Å². The molecule has 0 bridgehead atoms. The maximum Gasteiger partial charge on any atom is 0.327 e. The summed E-state index contributed by atoms with van der Waals surface area (Å²) in [5, 5.41) is 10.2. The Hall–Kier alpha value is -1.81. The molecule has 0 aliphatic rings. The summed E-state index contributed by atoms with van der Waals surface area (Å²) >= 11 is 0. The highest BCUT2D eigenvalue weighted by atomic mass is 16.3. The van der Waals surface area contributed by atoms with Gasteiger partial charge < -0.3 is 9.67 Å². The lowest BCUT2D eigenvalue weighted by molar-refractivity contribution is 0.154. The van der Waals surface area contributed by atoms with Gasteiger partial charge in [-0.25, -0.2) is 4.79 Å². The molecule has 1 heterocycles. The fraction of sp³-hybridized carbons (Fsp3) is 0.357. The van der Waals surface area contributed by atoms with E-state index in [9.17, 15) is 9.90 Å². The van der Waals surface area contributed by atoms with Crippen LogP contribution in [0.15, 0.2) is 35.4 Å². The van der Waals surface area contributed by atoms with Gasteiger partial charge in [0.1, 0.15) is 0 Å². The van der Waals surface area contributed by atoms with Gasteiger partial charge in [0.05, 0.1) is 12.6 Å². The fourth-order valence-corrected chi connectivity index (χ4v) is 2.13. The predicted molar refractivity (Wildman–Crippen MR) is 70.5 cm³/mol. The van der Waals surface area contributed by atoms with Crippen molar-refractivity contribution in [3.8, 4) is 0 Å². The zero-order valence-electron chi connectivity index (χ0n) is 10.9. The minimum absolute atomic E-state index is 0.112. The minimum atomic E-state index is -0.661. The van der Waals surface area contributed by atoms with Crippen LogP contribution in [0.4, 0.5) is 0 Å². The van der Waals surface area contributed by atoms with Gasteiger partial charge in [0.2, 0.25) is 0 Å². The first kappa shape index (κ1) is 12.6. The number of aliphatic hydroxyl groups excluding tert-OH is 1. The van der Waals surface area contributed by atoms with Gasteiger partial charge in [0.25, 0.3) is 0 Å². The van der Waals surface area contributed by atoms with Crippen molar-refractivity contribution in [3.63, 3.8) is 0 Å². The van der Waals surface area contributed by atoms with Crippen LogP contribution >= 0.6 is 0 Å². The first-order valence-electron chi connectivity index (χ1n) is 5.96. The lowest BCUT2D eigenvalue weighted by atomic mass is 10.0. The molecule has 4 heteroatoms. The third-order valence-electron chi connectivity index (χ3n) is 3.17. The maximum atomic E-state index is 11.7. The Labute approximate surface area is 106 Å². The van der Waals surface area contributed by atoms with Crippen molar-refractivity contribution in [1.29, 1.82) is 0 Å². The van der Waals surface area contributed by atoms with Crippen LogP contribution in [0, 0.1) is 13.8 Å². The SMILES string of the molecule is Cc1ccc(C(O)Cn2ccn(C)c2=O)c(C)c1. The summed E-state index contributed by atoms with van der Waals surface area (Å²) in [6, 6.07) is 5.93. The van der Waals surface area contributed by atoms with E-state index in [-0.39, 0.29) is 12.2 Å². The second-order valence-electron chi connectivity index (χ2n) is 4.72. The van der Waals surface area contributed by atoms with E-state index in [4.69, 9.17) is 0 Å². The molecule has 96 valence electrons. The molecule has 0 aliphatic carbocycles. The second-order valence-corrected chi connectivity index (χ2v) is 4.72. The van der Waals surface area contributed by atoms with Gasteiger partial charge in [-0.3, -0.25) is 4.57 Å². The lowest BCUT2D eigenvalue weighted by Crippen LogP contribution is -2.24. The summed E-state index contributed by atoms with van der Waals surface area (Å²) in [5.74, 6) is 0. The number of imidazole rings is 1. The van der Waals surface area contributed by atoms with Crippen molar-refractivity contribution in [3.05, 3.63) is 57.8 Å². The van der Waals surface area contributed by atoms with Gasteiger partial charge in [0, 0.05) is 19.4 Å². The second kappa shape index (κ2) is 4.82. The average molecular weight is 246 g/mol. The number of aromatic nitrogens is 2. The average Bonchev–Trinajstić information content (AvgIpc) is 2.61. The number of hydrogen-bond donors (Lipinski definition) is 1. The normalized spacial score (nSPS) is 12.7. The van der Waals surface area contributed by atoms with Crippen LogP contribution in [0.5, 0.6) is 0 Å². The topological polar surface area (TPSA) is 47.2 Å². The van der Waals surface area contributed by atoms with Crippen LogP contribution in [0.1, 0.15) is 22.8 Å². The largest absolute Gasteiger partial charge is 0.387 e. The molecule has 0 spiro atoms. The molecule has 0 fully saturated rings. The molecule has 0 amide bonds. The van der Waals surface area contributed by atoms with Crippen LogP contribution in [-0.2, 0) is 13.6 Å². The molecule has 2 rings (SSSR count). The van der Waals surface area contributed by atoms with Crippen LogP contribution < -0.4 is 5.69 Å². The van der Waals surface area contributed by atoms with Crippen molar-refractivity contribution in [2.75, 3.05) is 0 Å². The number of aliphatic hydroxyl groups is 1. The quantitative estimate of drug-likeness (QED) is 0.893. The van der Waals surface area contributed by atoms with Gasteiger partial charge in [-0.15, -0.1) is 0 Å². The monoisotopic (exact) mass is 246 g/mol. The molecule has 18 heavy (non-hydrogen) atoms. The van der Waals surface area contributed by atoms with E-state index in [1.807, 2.05) is 32.0 Å². The zero-order chi connectivity index (χ0) is 13.3. The summed E-state index contributed by atoms with van der Waals surface area (Å²) in [4.78, 5) is 11.7. The molecule has 0 radical (unpaired) electrons. The van der Waals surface area contributed by atoms with Crippen LogP contribution in [0.25, 0.3) is 0 Å². The highest BCUT2D eigenvalue weighted by Crippen LogP contribution is 2.19. The van der Waals surface area contributed by atoms with E-state index in [2.05, 4.69) is 0 Å². The Bertz CT molecular complexity index is 610. The lowest BCUT2D eigenvalue weighted by Gasteiger charge is -2.14. The summed E-state index contributed by atoms with van der Waals surface area (Å²) in [6.07, 6.45) is 2.72. The Morgan fingerprint density at radius 3 is 2.56 bits per heavy atom. The molecule has 1 aromatic carbocycles. The standard InChI is InChI=1S/C14H18N2O2/c1-10-4-5-12(11(2)8-10)13(17)9-16-7-6-15(3)14(16)18/h4-8,13,17H,9H2,1-3H3. The molecule has 1 unspecified atom stereocenters. The molecule has 2 aromatic rings. The Morgan fingerprint density at radius 1 is 1.28 bits per heavy atom. The number of rotatable bonds is 3. The summed E-state index contributed by atoms with van der Waals surface area (Å²) in [7, 11) is 1.70. The Kier molecular flexibility index (Phi) is 3.39. The molecule has 0 saturated heterocycles. The highest BCUT2D eigenvalue weighted by molar-refractivity contribution is 5.31. The number of hydrogen-bond acceptors (Lipinski definition) is 2. The molecule has 0 aliphatic heterocycles. The number of nitrogens with zero attached hydrogens (tertiary/aromatic N) is 2. The minimum Gasteiger partial charge on any atom is -0.387 e. The summed E-state index contributed by atoms with van der Waals surface area (Å²) < 4.78 is 3.01. The molecule has 0 saturated carbocycles. The van der Waals surface area contributed by atoms with E-state index in [1.165, 1.54) is 14.7 Å². The molecule has 1 atom stereocenters. The van der Waals surface area contributed by atoms with Crippen molar-refractivity contribution in [2.24, 2.45) is 7.05 Å². The zero-order valence-corrected chi connectivity index (χ0v) is 10.9. The van der Waals surface area contributed by atoms with Crippen molar-refractivity contribution in [1.82, 2.24) is 9.13 Å². The maximum absolute atomic E-state index is 11.7. The Balaban J connectivity index is 2.24. The molecule has 4 nitrogen and oxygen atoms in total. The fourth-order valence-electron chi connectivity index (χ4n) is 2.13. The smallest absolute Gasteiger partial charge is 0.327 e. The van der Waals surface area contributed by atoms with Gasteiger partial charge >= 0.3 is 5.69 Å². The summed E-state index contributed by atoms with van der Waals surface area (Å²) in [5.41, 5.74) is 2.97. The van der Waals surface area contributed by atoms with E-state index >= 15 is 0 Å². The van der Waals surface area contributed by atoms with Crippen LogP contribution in [0.2, 0.25) is 0 Å². The molecular weight excluding hydrogens is 228 g/mol. The third kappa shape index (κ3) is 2.38. The van der Waals surface area contributed by atoms with E-state index in [0.717, 1.165) is 11.1 Å².